The molecule has 8 heteroatoms. The number of benzene rings is 2. The monoisotopic (exact) mass is 409 g/mol. The second-order valence-electron chi connectivity index (χ2n) is 6.98. The lowest BCUT2D eigenvalue weighted by Crippen LogP contribution is -2.26. The van der Waals surface area contributed by atoms with Gasteiger partial charge in [-0.05, 0) is 62.2 Å². The van der Waals surface area contributed by atoms with Crippen LogP contribution in [-0.2, 0) is 4.79 Å². The SMILES string of the molecule is Cc1cc(C)cc(Nc2ncc(F)c(Nc3ccc4c(c3)NC(=O)C(C)S4)n2)c1. The number of halogens is 1. The first kappa shape index (κ1) is 19.2. The second kappa shape index (κ2) is 7.71. The van der Waals surface area contributed by atoms with E-state index in [-0.39, 0.29) is 22.9 Å². The fourth-order valence-corrected chi connectivity index (χ4v) is 4.04. The minimum atomic E-state index is -0.569. The van der Waals surface area contributed by atoms with Crippen LogP contribution in [0, 0.1) is 19.7 Å². The van der Waals surface area contributed by atoms with Crippen molar-refractivity contribution >= 4 is 46.5 Å². The molecule has 4 rings (SSSR count). The summed E-state index contributed by atoms with van der Waals surface area (Å²) < 4.78 is 14.3. The Morgan fingerprint density at radius 2 is 1.83 bits per heavy atom. The summed E-state index contributed by atoms with van der Waals surface area (Å²) in [5.74, 6) is -0.280. The molecular weight excluding hydrogens is 389 g/mol. The molecule has 0 fully saturated rings. The highest BCUT2D eigenvalue weighted by atomic mass is 32.2. The minimum absolute atomic E-state index is 0.0483. The van der Waals surface area contributed by atoms with Crippen LogP contribution in [0.15, 0.2) is 47.5 Å². The third-order valence-electron chi connectivity index (χ3n) is 4.40. The molecule has 0 saturated carbocycles. The number of thioether (sulfide) groups is 1. The molecule has 2 aromatic carbocycles. The molecule has 1 atom stereocenters. The maximum atomic E-state index is 14.3. The van der Waals surface area contributed by atoms with Gasteiger partial charge in [0.1, 0.15) is 0 Å². The molecule has 0 aliphatic carbocycles. The minimum Gasteiger partial charge on any atom is -0.338 e. The molecular formula is C21H20FN5OS. The number of anilines is 5. The van der Waals surface area contributed by atoms with Gasteiger partial charge in [0.25, 0.3) is 0 Å². The molecule has 6 nitrogen and oxygen atoms in total. The Labute approximate surface area is 172 Å². The Morgan fingerprint density at radius 3 is 2.59 bits per heavy atom. The van der Waals surface area contributed by atoms with Crippen LogP contribution in [0.1, 0.15) is 18.1 Å². The van der Waals surface area contributed by atoms with Crippen molar-refractivity contribution < 1.29 is 9.18 Å². The Kier molecular flexibility index (Phi) is 5.10. The molecule has 0 radical (unpaired) electrons. The van der Waals surface area contributed by atoms with E-state index in [0.29, 0.717) is 11.4 Å². The predicted molar refractivity (Wildman–Crippen MR) is 115 cm³/mol. The highest BCUT2D eigenvalue weighted by Gasteiger charge is 2.23. The van der Waals surface area contributed by atoms with Gasteiger partial charge in [0, 0.05) is 16.3 Å². The molecule has 1 unspecified atom stereocenters. The van der Waals surface area contributed by atoms with Crippen LogP contribution in [0.2, 0.25) is 0 Å². The van der Waals surface area contributed by atoms with Crippen molar-refractivity contribution in [3.8, 4) is 0 Å². The number of fused-ring (bicyclic) bond motifs is 1. The van der Waals surface area contributed by atoms with E-state index in [1.165, 1.54) is 11.8 Å². The van der Waals surface area contributed by atoms with Crippen molar-refractivity contribution in [2.45, 2.75) is 30.9 Å². The van der Waals surface area contributed by atoms with E-state index in [1.54, 1.807) is 6.07 Å². The number of nitrogens with zero attached hydrogens (tertiary/aromatic N) is 2. The quantitative estimate of drug-likeness (QED) is 0.553. The molecule has 3 aromatic rings. The standard InChI is InChI=1S/C21H20FN5OS/c1-11-6-12(2)8-15(7-11)25-21-23-10-16(22)19(27-21)24-14-4-5-18-17(9-14)26-20(28)13(3)29-18/h4-10,13H,1-3H3,(H,26,28)(H2,23,24,25,27). The van der Waals surface area contributed by atoms with Crippen molar-refractivity contribution in [3.63, 3.8) is 0 Å². The number of hydrogen-bond donors (Lipinski definition) is 3. The van der Waals surface area contributed by atoms with Crippen molar-refractivity contribution in [1.82, 2.24) is 9.97 Å². The number of rotatable bonds is 4. The van der Waals surface area contributed by atoms with Crippen LogP contribution in [-0.4, -0.2) is 21.1 Å². The number of amides is 1. The largest absolute Gasteiger partial charge is 0.338 e. The van der Waals surface area contributed by atoms with Crippen LogP contribution in [0.25, 0.3) is 0 Å². The van der Waals surface area contributed by atoms with Gasteiger partial charge in [-0.25, -0.2) is 9.37 Å². The fourth-order valence-electron chi connectivity index (χ4n) is 3.11. The van der Waals surface area contributed by atoms with Crippen LogP contribution >= 0.6 is 11.8 Å². The average molecular weight is 409 g/mol. The van der Waals surface area contributed by atoms with Gasteiger partial charge >= 0.3 is 0 Å². The first-order valence-electron chi connectivity index (χ1n) is 9.14. The van der Waals surface area contributed by atoms with E-state index in [9.17, 15) is 9.18 Å². The van der Waals surface area contributed by atoms with Crippen LogP contribution < -0.4 is 16.0 Å². The smallest absolute Gasteiger partial charge is 0.237 e. The number of aromatic nitrogens is 2. The molecule has 1 aliphatic heterocycles. The Balaban J connectivity index is 1.57. The van der Waals surface area contributed by atoms with Gasteiger partial charge in [-0.3, -0.25) is 4.79 Å². The summed E-state index contributed by atoms with van der Waals surface area (Å²) in [6.45, 7) is 5.87. The van der Waals surface area contributed by atoms with Crippen LogP contribution in [0.4, 0.5) is 33.2 Å². The number of carbonyl (C=O) groups excluding carboxylic acids is 1. The fraction of sp³-hybridized carbons (Fsp3) is 0.190. The van der Waals surface area contributed by atoms with Crippen molar-refractivity contribution in [3.05, 3.63) is 59.5 Å². The van der Waals surface area contributed by atoms with Crippen molar-refractivity contribution in [1.29, 1.82) is 0 Å². The number of nitrogens with one attached hydrogen (secondary N) is 3. The lowest BCUT2D eigenvalue weighted by atomic mass is 10.1. The number of carbonyl (C=O) groups is 1. The zero-order chi connectivity index (χ0) is 20.5. The molecule has 1 amide bonds. The Bertz CT molecular complexity index is 1080. The zero-order valence-electron chi connectivity index (χ0n) is 16.2. The molecule has 0 spiro atoms. The number of aryl methyl sites for hydroxylation is 2. The predicted octanol–water partition coefficient (Wildman–Crippen LogP) is 5.15. The topological polar surface area (TPSA) is 78.9 Å². The summed E-state index contributed by atoms with van der Waals surface area (Å²) in [4.78, 5) is 21.2. The molecule has 0 bridgehead atoms. The summed E-state index contributed by atoms with van der Waals surface area (Å²) in [6.07, 6.45) is 1.12. The summed E-state index contributed by atoms with van der Waals surface area (Å²) >= 11 is 1.49. The van der Waals surface area contributed by atoms with Gasteiger partial charge in [0.2, 0.25) is 11.9 Å². The van der Waals surface area contributed by atoms with E-state index >= 15 is 0 Å². The molecule has 29 heavy (non-hydrogen) atoms. The van der Waals surface area contributed by atoms with E-state index in [0.717, 1.165) is 27.9 Å². The third kappa shape index (κ3) is 4.32. The molecule has 148 valence electrons. The third-order valence-corrected chi connectivity index (χ3v) is 5.57. The Morgan fingerprint density at radius 1 is 1.07 bits per heavy atom. The lowest BCUT2D eigenvalue weighted by Gasteiger charge is -2.22. The maximum absolute atomic E-state index is 14.3. The first-order chi connectivity index (χ1) is 13.9. The van der Waals surface area contributed by atoms with Gasteiger partial charge in [-0.1, -0.05) is 6.07 Å². The summed E-state index contributed by atoms with van der Waals surface area (Å²) in [5, 5.41) is 8.81. The van der Waals surface area contributed by atoms with E-state index in [4.69, 9.17) is 0 Å². The molecule has 1 aromatic heterocycles. The summed E-state index contributed by atoms with van der Waals surface area (Å²) in [7, 11) is 0. The zero-order valence-corrected chi connectivity index (χ0v) is 17.0. The maximum Gasteiger partial charge on any atom is 0.237 e. The van der Waals surface area contributed by atoms with Crippen molar-refractivity contribution in [2.24, 2.45) is 0 Å². The Hall–Kier alpha value is -3.13. The van der Waals surface area contributed by atoms with E-state index in [1.807, 2.05) is 45.0 Å². The second-order valence-corrected chi connectivity index (χ2v) is 8.36. The summed E-state index contributed by atoms with van der Waals surface area (Å²) in [5.41, 5.74) is 4.37. The van der Waals surface area contributed by atoms with Gasteiger partial charge in [-0.2, -0.15) is 4.98 Å². The van der Waals surface area contributed by atoms with Crippen LogP contribution in [0.3, 0.4) is 0 Å². The highest BCUT2D eigenvalue weighted by molar-refractivity contribution is 8.00. The molecule has 3 N–H and O–H groups in total. The van der Waals surface area contributed by atoms with Crippen molar-refractivity contribution in [2.75, 3.05) is 16.0 Å². The molecule has 0 saturated heterocycles. The summed E-state index contributed by atoms with van der Waals surface area (Å²) in [6, 6.07) is 11.5. The highest BCUT2D eigenvalue weighted by Crippen LogP contribution is 2.37. The molecule has 1 aliphatic rings. The van der Waals surface area contributed by atoms with Gasteiger partial charge in [0.15, 0.2) is 11.6 Å². The van der Waals surface area contributed by atoms with E-state index < -0.39 is 5.82 Å². The average Bonchev–Trinajstić information content (AvgIpc) is 2.65. The van der Waals surface area contributed by atoms with Gasteiger partial charge in [-0.15, -0.1) is 11.8 Å². The molecule has 2 heterocycles. The number of hydrogen-bond acceptors (Lipinski definition) is 6. The first-order valence-corrected chi connectivity index (χ1v) is 10.0. The lowest BCUT2D eigenvalue weighted by molar-refractivity contribution is -0.115. The van der Waals surface area contributed by atoms with Crippen LogP contribution in [0.5, 0.6) is 0 Å². The van der Waals surface area contributed by atoms with Gasteiger partial charge < -0.3 is 16.0 Å². The van der Waals surface area contributed by atoms with Gasteiger partial charge in [0.05, 0.1) is 17.1 Å². The normalized spacial score (nSPS) is 15.4. The van der Waals surface area contributed by atoms with E-state index in [2.05, 4.69) is 32.0 Å².